The Morgan fingerprint density at radius 2 is 1.52 bits per heavy atom. The quantitative estimate of drug-likeness (QED) is 0.743. The first kappa shape index (κ1) is 15.0. The van der Waals surface area contributed by atoms with Gasteiger partial charge in [0.05, 0.1) is 5.69 Å². The molecule has 0 bridgehead atoms. The SMILES string of the molecule is CC(=CC(C)=Nc1c(C)cccc1C)Nc1ccccc1. The highest BCUT2D eigenvalue weighted by Crippen LogP contribution is 2.23. The van der Waals surface area contributed by atoms with Gasteiger partial charge in [0.25, 0.3) is 0 Å². The van der Waals surface area contributed by atoms with Gasteiger partial charge in [-0.3, -0.25) is 4.99 Å². The van der Waals surface area contributed by atoms with E-state index in [9.17, 15) is 0 Å². The minimum absolute atomic E-state index is 0.994. The summed E-state index contributed by atoms with van der Waals surface area (Å²) >= 11 is 0. The van der Waals surface area contributed by atoms with E-state index in [0.717, 1.165) is 22.8 Å². The van der Waals surface area contributed by atoms with Crippen LogP contribution in [0.5, 0.6) is 0 Å². The van der Waals surface area contributed by atoms with E-state index < -0.39 is 0 Å². The van der Waals surface area contributed by atoms with Crippen molar-refractivity contribution < 1.29 is 0 Å². The largest absolute Gasteiger partial charge is 0.359 e. The van der Waals surface area contributed by atoms with E-state index in [1.54, 1.807) is 0 Å². The number of allylic oxidation sites excluding steroid dienone is 2. The van der Waals surface area contributed by atoms with E-state index >= 15 is 0 Å². The Labute approximate surface area is 127 Å². The van der Waals surface area contributed by atoms with E-state index in [4.69, 9.17) is 4.99 Å². The van der Waals surface area contributed by atoms with Gasteiger partial charge >= 0.3 is 0 Å². The smallest absolute Gasteiger partial charge is 0.0691 e. The summed E-state index contributed by atoms with van der Waals surface area (Å²) in [6.45, 7) is 8.27. The van der Waals surface area contributed by atoms with Crippen molar-refractivity contribution in [2.75, 3.05) is 5.32 Å². The number of hydrogen-bond acceptors (Lipinski definition) is 2. The molecule has 0 aromatic heterocycles. The van der Waals surface area contributed by atoms with Crippen LogP contribution in [0, 0.1) is 13.8 Å². The predicted molar refractivity (Wildman–Crippen MR) is 92.5 cm³/mol. The van der Waals surface area contributed by atoms with Crippen molar-refractivity contribution in [3.63, 3.8) is 0 Å². The first-order chi connectivity index (χ1) is 10.1. The van der Waals surface area contributed by atoms with Gasteiger partial charge in [-0.2, -0.15) is 0 Å². The molecule has 0 saturated carbocycles. The molecule has 0 unspecified atom stereocenters. The van der Waals surface area contributed by atoms with Gasteiger partial charge in [-0.1, -0.05) is 36.4 Å². The van der Waals surface area contributed by atoms with Crippen LogP contribution in [0.3, 0.4) is 0 Å². The van der Waals surface area contributed by atoms with Crippen molar-refractivity contribution in [2.45, 2.75) is 27.7 Å². The molecule has 0 atom stereocenters. The molecular formula is C19H22N2. The summed E-state index contributed by atoms with van der Waals surface area (Å²) in [4.78, 5) is 4.74. The lowest BCUT2D eigenvalue weighted by Gasteiger charge is -2.07. The molecule has 2 aromatic carbocycles. The van der Waals surface area contributed by atoms with Crippen molar-refractivity contribution in [3.8, 4) is 0 Å². The van der Waals surface area contributed by atoms with Gasteiger partial charge in [0.1, 0.15) is 0 Å². The van der Waals surface area contributed by atoms with Crippen molar-refractivity contribution >= 4 is 17.1 Å². The Morgan fingerprint density at radius 1 is 0.905 bits per heavy atom. The summed E-state index contributed by atoms with van der Waals surface area (Å²) in [6.07, 6.45) is 2.07. The fraction of sp³-hybridized carbons (Fsp3) is 0.211. The van der Waals surface area contributed by atoms with E-state index in [1.165, 1.54) is 11.1 Å². The molecule has 1 N–H and O–H groups in total. The van der Waals surface area contributed by atoms with Gasteiger partial charge in [-0.15, -0.1) is 0 Å². The number of rotatable bonds is 4. The van der Waals surface area contributed by atoms with Crippen LogP contribution >= 0.6 is 0 Å². The number of aryl methyl sites for hydroxylation is 2. The fourth-order valence-electron chi connectivity index (χ4n) is 2.29. The van der Waals surface area contributed by atoms with Crippen LogP contribution in [0.1, 0.15) is 25.0 Å². The summed E-state index contributed by atoms with van der Waals surface area (Å²) in [5.41, 5.74) is 6.64. The monoisotopic (exact) mass is 278 g/mol. The number of para-hydroxylation sites is 2. The average Bonchev–Trinajstić information content (AvgIpc) is 2.44. The van der Waals surface area contributed by atoms with Crippen LogP contribution in [0.25, 0.3) is 0 Å². The molecule has 2 heteroatoms. The summed E-state index contributed by atoms with van der Waals surface area (Å²) in [6, 6.07) is 16.4. The lowest BCUT2D eigenvalue weighted by Crippen LogP contribution is -1.98. The number of nitrogens with zero attached hydrogens (tertiary/aromatic N) is 1. The molecule has 2 rings (SSSR count). The highest BCUT2D eigenvalue weighted by atomic mass is 14.9. The van der Waals surface area contributed by atoms with Crippen LogP contribution in [0.4, 0.5) is 11.4 Å². The van der Waals surface area contributed by atoms with Crippen molar-refractivity contribution in [2.24, 2.45) is 4.99 Å². The van der Waals surface area contributed by atoms with Crippen LogP contribution in [-0.2, 0) is 0 Å². The molecule has 0 aliphatic rings. The Bertz CT molecular complexity index is 647. The minimum atomic E-state index is 0.994. The van der Waals surface area contributed by atoms with E-state index in [-0.39, 0.29) is 0 Å². The Balaban J connectivity index is 2.18. The topological polar surface area (TPSA) is 24.4 Å². The molecule has 0 saturated heterocycles. The Kier molecular flexibility index (Phi) is 4.94. The molecule has 0 aliphatic heterocycles. The third-order valence-corrected chi connectivity index (χ3v) is 3.27. The third kappa shape index (κ3) is 4.32. The number of benzene rings is 2. The summed E-state index contributed by atoms with van der Waals surface area (Å²) < 4.78 is 0. The first-order valence-corrected chi connectivity index (χ1v) is 7.18. The van der Waals surface area contributed by atoms with E-state index in [2.05, 4.69) is 62.5 Å². The van der Waals surface area contributed by atoms with Gasteiger partial charge in [0.15, 0.2) is 0 Å². The minimum Gasteiger partial charge on any atom is -0.359 e. The molecule has 2 nitrogen and oxygen atoms in total. The van der Waals surface area contributed by atoms with Crippen LogP contribution in [-0.4, -0.2) is 5.71 Å². The number of hydrogen-bond donors (Lipinski definition) is 1. The van der Waals surface area contributed by atoms with Gasteiger partial charge in [0.2, 0.25) is 0 Å². The van der Waals surface area contributed by atoms with Gasteiger partial charge in [0, 0.05) is 17.1 Å². The second-order valence-electron chi connectivity index (χ2n) is 5.31. The third-order valence-electron chi connectivity index (χ3n) is 3.27. The zero-order valence-corrected chi connectivity index (χ0v) is 13.1. The van der Waals surface area contributed by atoms with Crippen molar-refractivity contribution in [1.82, 2.24) is 0 Å². The van der Waals surface area contributed by atoms with Gasteiger partial charge in [-0.25, -0.2) is 0 Å². The molecular weight excluding hydrogens is 256 g/mol. The van der Waals surface area contributed by atoms with Crippen LogP contribution in [0.15, 0.2) is 65.3 Å². The fourth-order valence-corrected chi connectivity index (χ4v) is 2.29. The van der Waals surface area contributed by atoms with Crippen LogP contribution < -0.4 is 5.32 Å². The van der Waals surface area contributed by atoms with Gasteiger partial charge in [-0.05, 0) is 57.0 Å². The average molecular weight is 278 g/mol. The molecule has 0 heterocycles. The normalized spacial score (nSPS) is 12.4. The summed E-state index contributed by atoms with van der Waals surface area (Å²) in [7, 11) is 0. The maximum Gasteiger partial charge on any atom is 0.0691 e. The number of anilines is 1. The molecule has 0 spiro atoms. The summed E-state index contributed by atoms with van der Waals surface area (Å²) in [5.74, 6) is 0. The van der Waals surface area contributed by atoms with E-state index in [1.807, 2.05) is 25.1 Å². The number of aliphatic imine (C=N–C) groups is 1. The Hall–Kier alpha value is -2.35. The van der Waals surface area contributed by atoms with Crippen molar-refractivity contribution in [1.29, 1.82) is 0 Å². The highest BCUT2D eigenvalue weighted by molar-refractivity contribution is 5.96. The zero-order valence-electron chi connectivity index (χ0n) is 13.1. The highest BCUT2D eigenvalue weighted by Gasteiger charge is 2.00. The van der Waals surface area contributed by atoms with Crippen LogP contribution in [0.2, 0.25) is 0 Å². The van der Waals surface area contributed by atoms with Crippen molar-refractivity contribution in [3.05, 3.63) is 71.4 Å². The molecule has 0 fully saturated rings. The lowest BCUT2D eigenvalue weighted by atomic mass is 10.1. The molecule has 21 heavy (non-hydrogen) atoms. The first-order valence-electron chi connectivity index (χ1n) is 7.18. The molecule has 108 valence electrons. The zero-order chi connectivity index (χ0) is 15.2. The maximum atomic E-state index is 4.74. The second kappa shape index (κ2) is 6.89. The molecule has 2 aromatic rings. The molecule has 0 aliphatic carbocycles. The molecule has 0 radical (unpaired) electrons. The standard InChI is InChI=1S/C19H22N2/c1-14-9-8-10-15(2)19(14)21-17(4)13-16(3)20-18-11-6-5-7-12-18/h5-13,20H,1-4H3. The number of nitrogens with one attached hydrogen (secondary N) is 1. The van der Waals surface area contributed by atoms with Gasteiger partial charge < -0.3 is 5.32 Å². The molecule has 0 amide bonds. The summed E-state index contributed by atoms with van der Waals surface area (Å²) in [5, 5.41) is 3.37. The Morgan fingerprint density at radius 3 is 2.14 bits per heavy atom. The van der Waals surface area contributed by atoms with E-state index in [0.29, 0.717) is 0 Å². The lowest BCUT2D eigenvalue weighted by molar-refractivity contribution is 1.32. The predicted octanol–water partition coefficient (Wildman–Crippen LogP) is 5.41. The second-order valence-corrected chi connectivity index (χ2v) is 5.31. The maximum absolute atomic E-state index is 4.74.